The van der Waals surface area contributed by atoms with E-state index >= 15 is 4.39 Å². The molecule has 2 aliphatic heterocycles. The quantitative estimate of drug-likeness (QED) is 0.664. The van der Waals surface area contributed by atoms with Crippen LogP contribution in [0.2, 0.25) is 0 Å². The second-order valence-corrected chi connectivity index (χ2v) is 8.70. The Morgan fingerprint density at radius 2 is 2.03 bits per heavy atom. The normalized spacial score (nSPS) is 24.6. The summed E-state index contributed by atoms with van der Waals surface area (Å²) in [5.41, 5.74) is -3.91. The van der Waals surface area contributed by atoms with Gasteiger partial charge in [-0.2, -0.15) is 0 Å². The van der Waals surface area contributed by atoms with Crippen molar-refractivity contribution < 1.29 is 23.1 Å². The van der Waals surface area contributed by atoms with E-state index in [0.29, 0.717) is 12.0 Å². The Kier molecular flexibility index (Phi) is 6.13. The maximum absolute atomic E-state index is 15.0. The standard InChI is InChI=1S/C22H23ClF2N4O3/c1-12-3-5-17(15(24)7-12)29(20(30)19(23)25)22(2,13-9-26-11-27-10-13)21(31)28-16-8-14-4-6-18(16)32-14/h3,5,7,9-11,14,16,18-19H,4,6,8H2,1-2H3,(H,28,31)/t14-,16-,18+,19+,22+/m1/s1. The largest absolute Gasteiger partial charge is 0.373 e. The van der Waals surface area contributed by atoms with Crippen LogP contribution in [0.4, 0.5) is 14.5 Å². The smallest absolute Gasteiger partial charge is 0.278 e. The molecular weight excluding hydrogens is 442 g/mol. The van der Waals surface area contributed by atoms with Gasteiger partial charge in [0.2, 0.25) is 0 Å². The molecule has 0 spiro atoms. The maximum atomic E-state index is 15.0. The summed E-state index contributed by atoms with van der Waals surface area (Å²) >= 11 is 5.51. The van der Waals surface area contributed by atoms with Crippen LogP contribution < -0.4 is 10.2 Å². The van der Waals surface area contributed by atoms with Crippen LogP contribution in [0.25, 0.3) is 0 Å². The van der Waals surface area contributed by atoms with Crippen LogP contribution in [0.5, 0.6) is 0 Å². The molecule has 0 aliphatic carbocycles. The number of hydrogen-bond donors (Lipinski definition) is 1. The average Bonchev–Trinajstić information content (AvgIpc) is 3.39. The van der Waals surface area contributed by atoms with Crippen molar-refractivity contribution in [3.63, 3.8) is 0 Å². The summed E-state index contributed by atoms with van der Waals surface area (Å²) in [6, 6.07) is 3.80. The highest BCUT2D eigenvalue weighted by Crippen LogP contribution is 2.38. The predicted octanol–water partition coefficient (Wildman–Crippen LogP) is 3.14. The molecule has 32 heavy (non-hydrogen) atoms. The number of nitrogens with zero attached hydrogens (tertiary/aromatic N) is 3. The van der Waals surface area contributed by atoms with Crippen molar-refractivity contribution in [3.8, 4) is 0 Å². The first-order valence-electron chi connectivity index (χ1n) is 10.3. The van der Waals surface area contributed by atoms with E-state index in [4.69, 9.17) is 16.3 Å². The van der Waals surface area contributed by atoms with Crippen molar-refractivity contribution in [2.45, 2.75) is 62.5 Å². The lowest BCUT2D eigenvalue weighted by molar-refractivity contribution is -0.132. The van der Waals surface area contributed by atoms with Gasteiger partial charge < -0.3 is 10.1 Å². The zero-order chi connectivity index (χ0) is 23.0. The molecule has 5 atom stereocenters. The lowest BCUT2D eigenvalue weighted by Gasteiger charge is -2.41. The number of hydrogen-bond acceptors (Lipinski definition) is 5. The minimum atomic E-state index is -2.50. The van der Waals surface area contributed by atoms with E-state index in [1.807, 2.05) is 0 Å². The number of aryl methyl sites for hydroxylation is 1. The molecule has 2 aromatic rings. The summed E-state index contributed by atoms with van der Waals surface area (Å²) < 4.78 is 35.0. The Hall–Kier alpha value is -2.65. The first kappa shape index (κ1) is 22.5. The summed E-state index contributed by atoms with van der Waals surface area (Å²) in [5.74, 6) is -2.71. The van der Waals surface area contributed by atoms with E-state index in [1.54, 1.807) is 13.0 Å². The molecule has 2 bridgehead atoms. The van der Waals surface area contributed by atoms with Crippen molar-refractivity contribution in [1.29, 1.82) is 0 Å². The zero-order valence-electron chi connectivity index (χ0n) is 17.6. The molecule has 2 aliphatic rings. The fraction of sp³-hybridized carbons (Fsp3) is 0.455. The van der Waals surface area contributed by atoms with Gasteiger partial charge in [0.1, 0.15) is 12.1 Å². The van der Waals surface area contributed by atoms with Crippen LogP contribution in [0.1, 0.15) is 37.3 Å². The molecular formula is C22H23ClF2N4O3. The summed E-state index contributed by atoms with van der Waals surface area (Å²) in [6.45, 7) is 3.07. The predicted molar refractivity (Wildman–Crippen MR) is 113 cm³/mol. The SMILES string of the molecule is Cc1ccc(N(C(=O)[C@H](F)Cl)[C@](C)(C(=O)N[C@@H]2C[C@H]3CC[C@@H]2O3)c2cncnc2)c(F)c1. The highest BCUT2D eigenvalue weighted by Gasteiger charge is 2.50. The van der Waals surface area contributed by atoms with Crippen LogP contribution in [-0.2, 0) is 19.9 Å². The Morgan fingerprint density at radius 3 is 2.59 bits per heavy atom. The van der Waals surface area contributed by atoms with Gasteiger partial charge in [0.15, 0.2) is 5.54 Å². The number of amides is 2. The van der Waals surface area contributed by atoms with Gasteiger partial charge in [0, 0.05) is 18.0 Å². The Labute approximate surface area is 189 Å². The number of carbonyl (C=O) groups excluding carboxylic acids is 2. The van der Waals surface area contributed by atoms with E-state index in [0.717, 1.165) is 17.7 Å². The van der Waals surface area contributed by atoms with Crippen molar-refractivity contribution >= 4 is 29.1 Å². The molecule has 2 saturated heterocycles. The van der Waals surface area contributed by atoms with Gasteiger partial charge >= 0.3 is 0 Å². The number of nitrogens with one attached hydrogen (secondary N) is 1. The number of anilines is 1. The lowest BCUT2D eigenvalue weighted by atomic mass is 9.88. The second kappa shape index (κ2) is 8.71. The molecule has 10 heteroatoms. The topological polar surface area (TPSA) is 84.4 Å². The maximum Gasteiger partial charge on any atom is 0.278 e. The molecule has 1 aromatic carbocycles. The van der Waals surface area contributed by atoms with Gasteiger partial charge in [-0.1, -0.05) is 17.7 Å². The second-order valence-electron chi connectivity index (χ2n) is 8.32. The highest BCUT2D eigenvalue weighted by molar-refractivity contribution is 6.32. The average molecular weight is 465 g/mol. The molecule has 2 amide bonds. The molecule has 1 N–H and O–H groups in total. The summed E-state index contributed by atoms with van der Waals surface area (Å²) in [7, 11) is 0. The molecule has 0 radical (unpaired) electrons. The third kappa shape index (κ3) is 3.95. The Bertz CT molecular complexity index is 1030. The van der Waals surface area contributed by atoms with Crippen LogP contribution in [-0.4, -0.2) is 45.7 Å². The number of carbonyl (C=O) groups is 2. The number of aromatic nitrogens is 2. The van der Waals surface area contributed by atoms with E-state index in [1.165, 1.54) is 37.8 Å². The number of rotatable bonds is 6. The minimum Gasteiger partial charge on any atom is -0.373 e. The molecule has 0 unspecified atom stereocenters. The van der Waals surface area contributed by atoms with Gasteiger partial charge in [-0.05, 0) is 50.8 Å². The summed E-state index contributed by atoms with van der Waals surface area (Å²) in [6.07, 6.45) is 6.22. The minimum absolute atomic E-state index is 0.0713. The van der Waals surface area contributed by atoms with Crippen molar-refractivity contribution in [1.82, 2.24) is 15.3 Å². The number of benzene rings is 1. The summed E-state index contributed by atoms with van der Waals surface area (Å²) in [5, 5.41) is 2.92. The first-order valence-corrected chi connectivity index (χ1v) is 10.8. The Morgan fingerprint density at radius 1 is 1.31 bits per heavy atom. The molecule has 170 valence electrons. The van der Waals surface area contributed by atoms with Crippen LogP contribution in [0.3, 0.4) is 0 Å². The molecule has 0 saturated carbocycles. The van der Waals surface area contributed by atoms with Crippen molar-refractivity contribution in [2.24, 2.45) is 0 Å². The number of fused-ring (bicyclic) bond motifs is 2. The van der Waals surface area contributed by atoms with Crippen LogP contribution >= 0.6 is 11.6 Å². The number of ether oxygens (including phenoxy) is 1. The van der Waals surface area contributed by atoms with Crippen molar-refractivity contribution in [3.05, 3.63) is 53.9 Å². The van der Waals surface area contributed by atoms with Crippen LogP contribution in [0, 0.1) is 12.7 Å². The van der Waals surface area contributed by atoms with Gasteiger partial charge in [-0.3, -0.25) is 14.5 Å². The van der Waals surface area contributed by atoms with Gasteiger partial charge in [-0.15, -0.1) is 0 Å². The first-order chi connectivity index (χ1) is 15.2. The highest BCUT2D eigenvalue weighted by atomic mass is 35.5. The molecule has 7 nitrogen and oxygen atoms in total. The fourth-order valence-electron chi connectivity index (χ4n) is 4.48. The number of halogens is 3. The molecule has 4 rings (SSSR count). The van der Waals surface area contributed by atoms with Crippen molar-refractivity contribution in [2.75, 3.05) is 4.90 Å². The zero-order valence-corrected chi connectivity index (χ0v) is 18.4. The fourth-order valence-corrected chi connectivity index (χ4v) is 4.58. The van der Waals surface area contributed by atoms with E-state index in [-0.39, 0.29) is 29.5 Å². The summed E-state index contributed by atoms with van der Waals surface area (Å²) in [4.78, 5) is 35.3. The van der Waals surface area contributed by atoms with Crippen LogP contribution in [0.15, 0.2) is 36.9 Å². The third-order valence-electron chi connectivity index (χ3n) is 6.19. The van der Waals surface area contributed by atoms with E-state index in [2.05, 4.69) is 15.3 Å². The third-order valence-corrected chi connectivity index (χ3v) is 6.37. The van der Waals surface area contributed by atoms with Gasteiger partial charge in [0.25, 0.3) is 17.4 Å². The van der Waals surface area contributed by atoms with E-state index < -0.39 is 28.8 Å². The Balaban J connectivity index is 1.82. The molecule has 2 fully saturated rings. The monoisotopic (exact) mass is 464 g/mol. The lowest BCUT2D eigenvalue weighted by Crippen LogP contribution is -2.60. The molecule has 1 aromatic heterocycles. The van der Waals surface area contributed by atoms with Gasteiger partial charge in [-0.25, -0.2) is 18.7 Å². The molecule has 3 heterocycles. The van der Waals surface area contributed by atoms with Gasteiger partial charge in [0.05, 0.1) is 23.9 Å². The number of alkyl halides is 2. The van der Waals surface area contributed by atoms with E-state index in [9.17, 15) is 14.0 Å².